The van der Waals surface area contributed by atoms with E-state index >= 15 is 0 Å². The Kier molecular flexibility index (Phi) is 3.32. The van der Waals surface area contributed by atoms with Gasteiger partial charge in [-0.25, -0.2) is 0 Å². The second kappa shape index (κ2) is 5.57. The molecule has 1 heterocycles. The Morgan fingerprint density at radius 1 is 0.920 bits per heavy atom. The van der Waals surface area contributed by atoms with Gasteiger partial charge in [0.1, 0.15) is 0 Å². The number of carbonyl (C=O) groups is 1. The molecule has 3 aromatic carbocycles. The highest BCUT2D eigenvalue weighted by Crippen LogP contribution is 2.48. The maximum absolute atomic E-state index is 12.7. The maximum atomic E-state index is 12.7. The van der Waals surface area contributed by atoms with E-state index in [0.29, 0.717) is 6.42 Å². The third kappa shape index (κ3) is 2.26. The zero-order chi connectivity index (χ0) is 17.0. The highest BCUT2D eigenvalue weighted by Gasteiger charge is 2.37. The average Bonchev–Trinajstić information content (AvgIpc) is 3.01. The summed E-state index contributed by atoms with van der Waals surface area (Å²) < 4.78 is 1.05. The molecule has 0 aromatic heterocycles. The molecule has 1 aliphatic heterocycles. The molecule has 1 atom stereocenters. The van der Waals surface area contributed by atoms with Crippen LogP contribution in [-0.2, 0) is 4.79 Å². The van der Waals surface area contributed by atoms with Crippen molar-refractivity contribution in [3.05, 3.63) is 87.5 Å². The summed E-state index contributed by atoms with van der Waals surface area (Å²) in [5.74, 6) is 0.273. The van der Waals surface area contributed by atoms with Crippen molar-refractivity contribution in [2.45, 2.75) is 18.8 Å². The molecule has 2 aliphatic rings. The second-order valence-corrected chi connectivity index (χ2v) is 7.59. The van der Waals surface area contributed by atoms with Crippen molar-refractivity contribution in [2.24, 2.45) is 0 Å². The number of nitrogens with one attached hydrogen (secondary N) is 1. The largest absolute Gasteiger partial charge is 0.358 e. The summed E-state index contributed by atoms with van der Waals surface area (Å²) in [6, 6.07) is 21.1. The van der Waals surface area contributed by atoms with Gasteiger partial charge in [-0.2, -0.15) is 0 Å². The number of hydrogen-bond donors (Lipinski definition) is 1. The van der Waals surface area contributed by atoms with Crippen molar-refractivity contribution in [1.29, 1.82) is 0 Å². The number of Topliss-reactive ketones (excluding diaryl/α,β-unsaturated/α-hetero) is 1. The smallest absolute Gasteiger partial charge is 0.161 e. The van der Waals surface area contributed by atoms with Crippen LogP contribution in [0.25, 0.3) is 10.8 Å². The van der Waals surface area contributed by atoms with Crippen molar-refractivity contribution in [1.82, 2.24) is 0 Å². The van der Waals surface area contributed by atoms with Gasteiger partial charge in [-0.15, -0.1) is 0 Å². The number of ketones is 1. The number of rotatable bonds is 1. The van der Waals surface area contributed by atoms with Crippen LogP contribution in [0.15, 0.2) is 76.4 Å². The molecule has 5 rings (SSSR count). The van der Waals surface area contributed by atoms with E-state index in [-0.39, 0.29) is 11.7 Å². The van der Waals surface area contributed by atoms with Gasteiger partial charge in [0.15, 0.2) is 5.78 Å². The van der Waals surface area contributed by atoms with Gasteiger partial charge in [0.25, 0.3) is 0 Å². The van der Waals surface area contributed by atoms with Crippen LogP contribution in [0.2, 0.25) is 0 Å². The fourth-order valence-electron chi connectivity index (χ4n) is 4.15. The fourth-order valence-corrected chi connectivity index (χ4v) is 4.42. The molecule has 0 spiro atoms. The van der Waals surface area contributed by atoms with E-state index in [1.165, 1.54) is 21.9 Å². The van der Waals surface area contributed by atoms with Gasteiger partial charge in [-0.3, -0.25) is 4.79 Å². The lowest BCUT2D eigenvalue weighted by Crippen LogP contribution is -2.19. The molecule has 2 nitrogen and oxygen atoms in total. The maximum Gasteiger partial charge on any atom is 0.161 e. The number of halogens is 1. The first kappa shape index (κ1) is 14.9. The summed E-state index contributed by atoms with van der Waals surface area (Å²) in [7, 11) is 0. The topological polar surface area (TPSA) is 29.1 Å². The van der Waals surface area contributed by atoms with Crippen molar-refractivity contribution in [3.63, 3.8) is 0 Å². The first-order valence-corrected chi connectivity index (χ1v) is 9.32. The number of benzene rings is 3. The highest BCUT2D eigenvalue weighted by atomic mass is 79.9. The van der Waals surface area contributed by atoms with Crippen LogP contribution >= 0.6 is 15.9 Å². The Morgan fingerprint density at radius 3 is 2.56 bits per heavy atom. The molecular formula is C22H16BrNO. The van der Waals surface area contributed by atoms with E-state index in [2.05, 4.69) is 81.9 Å². The molecular weight excluding hydrogens is 374 g/mol. The van der Waals surface area contributed by atoms with Crippen LogP contribution in [-0.4, -0.2) is 5.78 Å². The molecule has 0 saturated heterocycles. The summed E-state index contributed by atoms with van der Waals surface area (Å²) in [5.41, 5.74) is 5.56. The van der Waals surface area contributed by atoms with E-state index < -0.39 is 0 Å². The van der Waals surface area contributed by atoms with Crippen LogP contribution in [0.3, 0.4) is 0 Å². The number of fused-ring (bicyclic) bond motifs is 3. The van der Waals surface area contributed by atoms with Gasteiger partial charge in [-0.1, -0.05) is 58.4 Å². The van der Waals surface area contributed by atoms with Gasteiger partial charge in [0, 0.05) is 33.8 Å². The minimum atomic E-state index is 0.000417. The van der Waals surface area contributed by atoms with E-state index in [1.807, 2.05) is 0 Å². The lowest BCUT2D eigenvalue weighted by atomic mass is 9.78. The quantitative estimate of drug-likeness (QED) is 0.571. The second-order valence-electron chi connectivity index (χ2n) is 6.67. The fraction of sp³-hybridized carbons (Fsp3) is 0.136. The number of carbonyl (C=O) groups excluding carboxylic acids is 1. The number of anilines is 1. The Morgan fingerprint density at radius 2 is 1.72 bits per heavy atom. The summed E-state index contributed by atoms with van der Waals surface area (Å²) in [5, 5.41) is 5.96. The monoisotopic (exact) mass is 389 g/mol. The average molecular weight is 390 g/mol. The first-order chi connectivity index (χ1) is 12.2. The van der Waals surface area contributed by atoms with Crippen LogP contribution in [0, 0.1) is 0 Å². The molecule has 0 amide bonds. The molecule has 3 heteroatoms. The molecule has 25 heavy (non-hydrogen) atoms. The third-order valence-electron chi connectivity index (χ3n) is 5.26. The SMILES string of the molecule is O=C1CCC2=C1[C@@H](c1ccc(Br)cc1)c1c(ccc3ccccc13)N2. The van der Waals surface area contributed by atoms with E-state index in [9.17, 15) is 4.79 Å². The van der Waals surface area contributed by atoms with Gasteiger partial charge < -0.3 is 5.32 Å². The molecule has 1 N–H and O–H groups in total. The van der Waals surface area contributed by atoms with Crippen LogP contribution in [0.1, 0.15) is 29.9 Å². The molecule has 3 aromatic rings. The van der Waals surface area contributed by atoms with Crippen LogP contribution in [0.5, 0.6) is 0 Å². The molecule has 0 fully saturated rings. The zero-order valence-corrected chi connectivity index (χ0v) is 15.1. The molecule has 0 bridgehead atoms. The van der Waals surface area contributed by atoms with Crippen LogP contribution < -0.4 is 5.32 Å². The molecule has 1 aliphatic carbocycles. The van der Waals surface area contributed by atoms with Gasteiger partial charge in [0.05, 0.1) is 0 Å². The molecule has 122 valence electrons. The number of allylic oxidation sites excluding steroid dienone is 2. The first-order valence-electron chi connectivity index (χ1n) is 8.53. The lowest BCUT2D eigenvalue weighted by molar-refractivity contribution is -0.115. The van der Waals surface area contributed by atoms with E-state index in [1.54, 1.807) is 0 Å². The van der Waals surface area contributed by atoms with Gasteiger partial charge >= 0.3 is 0 Å². The predicted molar refractivity (Wildman–Crippen MR) is 105 cm³/mol. The minimum Gasteiger partial charge on any atom is -0.358 e. The summed E-state index contributed by atoms with van der Waals surface area (Å²) in [6.07, 6.45) is 1.42. The Labute approximate surface area is 154 Å². The lowest BCUT2D eigenvalue weighted by Gasteiger charge is -2.30. The number of hydrogen-bond acceptors (Lipinski definition) is 2. The summed E-state index contributed by atoms with van der Waals surface area (Å²) >= 11 is 3.52. The van der Waals surface area contributed by atoms with E-state index in [4.69, 9.17) is 0 Å². The zero-order valence-electron chi connectivity index (χ0n) is 13.6. The summed E-state index contributed by atoms with van der Waals surface area (Å²) in [4.78, 5) is 12.7. The molecule has 0 unspecified atom stereocenters. The van der Waals surface area contributed by atoms with Crippen molar-refractivity contribution < 1.29 is 4.79 Å². The van der Waals surface area contributed by atoms with Crippen LogP contribution in [0.4, 0.5) is 5.69 Å². The normalized spacial score (nSPS) is 18.9. The van der Waals surface area contributed by atoms with Crippen molar-refractivity contribution >= 4 is 38.2 Å². The third-order valence-corrected chi connectivity index (χ3v) is 5.79. The van der Waals surface area contributed by atoms with E-state index in [0.717, 1.165) is 27.9 Å². The van der Waals surface area contributed by atoms with Crippen molar-refractivity contribution in [3.8, 4) is 0 Å². The standard InChI is InChI=1S/C22H16BrNO/c23-15-8-5-14(6-9-15)20-21-16-4-2-1-3-13(16)7-10-17(21)24-18-11-12-19(25)22(18)20/h1-10,20,24H,11-12H2/t20-/m0/s1. The summed E-state index contributed by atoms with van der Waals surface area (Å²) in [6.45, 7) is 0. The van der Waals surface area contributed by atoms with Crippen molar-refractivity contribution in [2.75, 3.05) is 5.32 Å². The molecule has 0 saturated carbocycles. The van der Waals surface area contributed by atoms with Gasteiger partial charge in [0.2, 0.25) is 0 Å². The van der Waals surface area contributed by atoms with Gasteiger partial charge in [-0.05, 0) is 46.5 Å². The Balaban J connectivity index is 1.83. The highest BCUT2D eigenvalue weighted by molar-refractivity contribution is 9.10. The Hall–Kier alpha value is -2.39. The molecule has 0 radical (unpaired) electrons. The predicted octanol–water partition coefficient (Wildman–Crippen LogP) is 5.78. The Bertz CT molecular complexity index is 1050. The minimum absolute atomic E-state index is 0.000417.